The lowest BCUT2D eigenvalue weighted by Gasteiger charge is -2.15. The van der Waals surface area contributed by atoms with Gasteiger partial charge in [0.05, 0.1) is 11.4 Å². The molecule has 0 saturated carbocycles. The molecule has 122 valence electrons. The van der Waals surface area contributed by atoms with E-state index < -0.39 is 18.2 Å². The molecular weight excluding hydrogens is 332 g/mol. The lowest BCUT2D eigenvalue weighted by molar-refractivity contribution is -0.0493. The van der Waals surface area contributed by atoms with Crippen LogP contribution in [0.4, 0.5) is 28.9 Å². The molecule has 23 heavy (non-hydrogen) atoms. The van der Waals surface area contributed by atoms with Crippen LogP contribution < -0.4 is 15.4 Å². The zero-order chi connectivity index (χ0) is 17.0. The highest BCUT2D eigenvalue weighted by Gasteiger charge is 2.12. The Morgan fingerprint density at radius 3 is 2.39 bits per heavy atom. The molecule has 0 aliphatic rings. The summed E-state index contributed by atoms with van der Waals surface area (Å²) in [5.41, 5.74) is 0.933. The summed E-state index contributed by atoms with van der Waals surface area (Å²) in [6.45, 7) is -1.23. The molecule has 0 unspecified atom stereocenters. The number of anilines is 2. The van der Waals surface area contributed by atoms with Crippen LogP contribution in [0.5, 0.6) is 5.75 Å². The molecule has 0 radical (unpaired) electrons. The third-order valence-electron chi connectivity index (χ3n) is 2.78. The van der Waals surface area contributed by atoms with Gasteiger partial charge in [0.15, 0.2) is 5.11 Å². The van der Waals surface area contributed by atoms with Gasteiger partial charge >= 0.3 is 6.61 Å². The Balaban J connectivity index is 2.14. The van der Waals surface area contributed by atoms with Crippen molar-refractivity contribution < 1.29 is 22.3 Å². The van der Waals surface area contributed by atoms with Crippen LogP contribution >= 0.6 is 12.2 Å². The van der Waals surface area contributed by atoms with Gasteiger partial charge in [-0.05, 0) is 49.0 Å². The third kappa shape index (κ3) is 4.82. The number of nitrogens with one attached hydrogen (secondary N) is 2. The van der Waals surface area contributed by atoms with E-state index >= 15 is 0 Å². The van der Waals surface area contributed by atoms with Crippen molar-refractivity contribution in [1.29, 1.82) is 0 Å². The SMILES string of the molecule is Cc1ccc(OC(F)F)c(NC(=S)Nc2ccc(F)cc2F)c1. The number of halogens is 4. The van der Waals surface area contributed by atoms with Gasteiger partial charge in [-0.3, -0.25) is 0 Å². The van der Waals surface area contributed by atoms with E-state index in [0.717, 1.165) is 11.6 Å². The van der Waals surface area contributed by atoms with Crippen molar-refractivity contribution in [2.75, 3.05) is 10.6 Å². The van der Waals surface area contributed by atoms with Crippen molar-refractivity contribution in [3.05, 3.63) is 53.6 Å². The van der Waals surface area contributed by atoms with Crippen molar-refractivity contribution in [2.45, 2.75) is 13.5 Å². The number of benzene rings is 2. The van der Waals surface area contributed by atoms with E-state index in [1.165, 1.54) is 12.1 Å². The molecule has 0 spiro atoms. The van der Waals surface area contributed by atoms with Crippen LogP contribution in [0.25, 0.3) is 0 Å². The van der Waals surface area contributed by atoms with Crippen LogP contribution in [-0.2, 0) is 0 Å². The molecule has 3 nitrogen and oxygen atoms in total. The number of thiocarbonyl (C=S) groups is 1. The summed E-state index contributed by atoms with van der Waals surface area (Å²) >= 11 is 5.00. The highest BCUT2D eigenvalue weighted by atomic mass is 32.1. The van der Waals surface area contributed by atoms with Crippen LogP contribution in [0, 0.1) is 18.6 Å². The molecule has 8 heteroatoms. The number of alkyl halides is 2. The number of rotatable bonds is 4. The smallest absolute Gasteiger partial charge is 0.387 e. The standard InChI is InChI=1S/C15H12F4N2OS/c1-8-2-5-13(22-14(18)19)12(6-8)21-15(23)20-11-4-3-9(16)7-10(11)17/h2-7,14H,1H3,(H2,20,21,23). The lowest BCUT2D eigenvalue weighted by Crippen LogP contribution is -2.20. The summed E-state index contributed by atoms with van der Waals surface area (Å²) in [5.74, 6) is -1.66. The Morgan fingerprint density at radius 2 is 1.74 bits per heavy atom. The molecule has 2 aromatic rings. The first-order valence-corrected chi connectivity index (χ1v) is 6.84. The van der Waals surface area contributed by atoms with E-state index in [2.05, 4.69) is 15.4 Å². The minimum Gasteiger partial charge on any atom is -0.433 e. The fraction of sp³-hybridized carbons (Fsp3) is 0.133. The number of hydrogen-bond donors (Lipinski definition) is 2. The summed E-state index contributed by atoms with van der Waals surface area (Å²) in [5, 5.41) is 5.11. The second-order valence-electron chi connectivity index (χ2n) is 4.58. The minimum absolute atomic E-state index is 0.0483. The maximum atomic E-state index is 13.6. The van der Waals surface area contributed by atoms with E-state index in [0.29, 0.717) is 6.07 Å². The van der Waals surface area contributed by atoms with E-state index in [9.17, 15) is 17.6 Å². The first-order chi connectivity index (χ1) is 10.8. The van der Waals surface area contributed by atoms with Gasteiger partial charge in [-0.25, -0.2) is 8.78 Å². The monoisotopic (exact) mass is 344 g/mol. The van der Waals surface area contributed by atoms with Crippen molar-refractivity contribution in [3.63, 3.8) is 0 Å². The van der Waals surface area contributed by atoms with Gasteiger partial charge in [0.25, 0.3) is 0 Å². The van der Waals surface area contributed by atoms with Gasteiger partial charge in [0.2, 0.25) is 0 Å². The molecule has 0 aliphatic heterocycles. The Hall–Kier alpha value is -2.35. The molecular formula is C15H12F4N2OS. The van der Waals surface area contributed by atoms with Crippen LogP contribution in [-0.4, -0.2) is 11.7 Å². The molecule has 0 aliphatic carbocycles. The molecule has 0 heterocycles. The molecule has 2 aromatic carbocycles. The Labute approximate surface area is 135 Å². The van der Waals surface area contributed by atoms with Crippen molar-refractivity contribution in [3.8, 4) is 5.75 Å². The van der Waals surface area contributed by atoms with E-state index in [1.807, 2.05) is 0 Å². The third-order valence-corrected chi connectivity index (χ3v) is 2.98. The van der Waals surface area contributed by atoms with Gasteiger partial charge in [-0.1, -0.05) is 6.07 Å². The van der Waals surface area contributed by atoms with Crippen LogP contribution in [0.15, 0.2) is 36.4 Å². The predicted octanol–water partition coefficient (Wildman–Crippen LogP) is 4.68. The fourth-order valence-corrected chi connectivity index (χ4v) is 2.03. The molecule has 2 N–H and O–H groups in total. The Bertz CT molecular complexity index is 725. The maximum absolute atomic E-state index is 13.6. The van der Waals surface area contributed by atoms with Crippen LogP contribution in [0.1, 0.15) is 5.56 Å². The summed E-state index contributed by atoms with van der Waals surface area (Å²) in [7, 11) is 0. The summed E-state index contributed by atoms with van der Waals surface area (Å²) in [6, 6.07) is 7.44. The molecule has 0 aromatic heterocycles. The number of ether oxygens (including phenoxy) is 1. The first kappa shape index (κ1) is 17.0. The molecule has 2 rings (SSSR count). The maximum Gasteiger partial charge on any atom is 0.387 e. The zero-order valence-corrected chi connectivity index (χ0v) is 12.7. The van der Waals surface area contributed by atoms with Gasteiger partial charge in [0, 0.05) is 6.07 Å². The van der Waals surface area contributed by atoms with Gasteiger partial charge in [-0.15, -0.1) is 0 Å². The van der Waals surface area contributed by atoms with Gasteiger partial charge in [-0.2, -0.15) is 8.78 Å². The first-order valence-electron chi connectivity index (χ1n) is 6.43. The molecule has 0 amide bonds. The average Bonchev–Trinajstić information content (AvgIpc) is 2.44. The zero-order valence-electron chi connectivity index (χ0n) is 11.9. The van der Waals surface area contributed by atoms with Crippen LogP contribution in [0.3, 0.4) is 0 Å². The predicted molar refractivity (Wildman–Crippen MR) is 84.0 cm³/mol. The number of hydrogen-bond acceptors (Lipinski definition) is 2. The highest BCUT2D eigenvalue weighted by molar-refractivity contribution is 7.80. The topological polar surface area (TPSA) is 33.3 Å². The largest absolute Gasteiger partial charge is 0.433 e. The molecule has 0 atom stereocenters. The average molecular weight is 344 g/mol. The quantitative estimate of drug-likeness (QED) is 0.623. The molecule has 0 fully saturated rings. The Kier molecular flexibility index (Phi) is 5.38. The lowest BCUT2D eigenvalue weighted by atomic mass is 10.2. The van der Waals surface area contributed by atoms with E-state index in [4.69, 9.17) is 12.2 Å². The molecule has 0 saturated heterocycles. The van der Waals surface area contributed by atoms with Crippen LogP contribution in [0.2, 0.25) is 0 Å². The normalized spacial score (nSPS) is 10.5. The summed E-state index contributed by atoms with van der Waals surface area (Å²) < 4.78 is 55.6. The van der Waals surface area contributed by atoms with Gasteiger partial charge < -0.3 is 15.4 Å². The number of aryl methyl sites for hydroxylation is 1. The second kappa shape index (κ2) is 7.28. The molecule has 0 bridgehead atoms. The van der Waals surface area contributed by atoms with Gasteiger partial charge in [0.1, 0.15) is 17.4 Å². The van der Waals surface area contributed by atoms with Crippen molar-refractivity contribution in [2.24, 2.45) is 0 Å². The Morgan fingerprint density at radius 1 is 1.04 bits per heavy atom. The van der Waals surface area contributed by atoms with E-state index in [-0.39, 0.29) is 22.2 Å². The van der Waals surface area contributed by atoms with Crippen molar-refractivity contribution in [1.82, 2.24) is 0 Å². The second-order valence-corrected chi connectivity index (χ2v) is 4.99. The minimum atomic E-state index is -2.99. The summed E-state index contributed by atoms with van der Waals surface area (Å²) in [6.07, 6.45) is 0. The highest BCUT2D eigenvalue weighted by Crippen LogP contribution is 2.27. The summed E-state index contributed by atoms with van der Waals surface area (Å²) in [4.78, 5) is 0. The van der Waals surface area contributed by atoms with Crippen molar-refractivity contribution >= 4 is 28.7 Å². The van der Waals surface area contributed by atoms with E-state index in [1.54, 1.807) is 19.1 Å². The fourth-order valence-electron chi connectivity index (χ4n) is 1.81.